The quantitative estimate of drug-likeness (QED) is 0.755. The molecule has 0 spiro atoms. The molecule has 0 aliphatic heterocycles. The molecule has 0 saturated heterocycles. The van der Waals surface area contributed by atoms with Crippen molar-refractivity contribution in [3.05, 3.63) is 51.4 Å². The maximum Gasteiger partial charge on any atom is 0.112 e. The molecule has 20 heavy (non-hydrogen) atoms. The van der Waals surface area contributed by atoms with E-state index in [0.29, 0.717) is 6.54 Å². The van der Waals surface area contributed by atoms with E-state index in [4.69, 9.17) is 0 Å². The summed E-state index contributed by atoms with van der Waals surface area (Å²) in [4.78, 5) is 8.66. The maximum atomic E-state index is 10.1. The van der Waals surface area contributed by atoms with Crippen molar-refractivity contribution in [3.63, 3.8) is 0 Å². The predicted molar refractivity (Wildman–Crippen MR) is 85.0 cm³/mol. The minimum atomic E-state index is -0.528. The van der Waals surface area contributed by atoms with Crippen molar-refractivity contribution in [1.29, 1.82) is 0 Å². The van der Waals surface area contributed by atoms with Gasteiger partial charge in [-0.05, 0) is 50.5 Å². The van der Waals surface area contributed by atoms with Gasteiger partial charge in [-0.3, -0.25) is 9.97 Å². The smallest absolute Gasteiger partial charge is 0.112 e. The minimum absolute atomic E-state index is 0.438. The van der Waals surface area contributed by atoms with Gasteiger partial charge in [-0.25, -0.2) is 0 Å². The highest BCUT2D eigenvalue weighted by Gasteiger charge is 2.09. The Kier molecular flexibility index (Phi) is 3.95. The van der Waals surface area contributed by atoms with Crippen LogP contribution in [-0.4, -0.2) is 21.6 Å². The van der Waals surface area contributed by atoms with Crippen LogP contribution in [0.4, 0.5) is 5.69 Å². The summed E-state index contributed by atoms with van der Waals surface area (Å²) >= 11 is 4.96. The number of nitrogens with zero attached hydrogens (tertiary/aromatic N) is 2. The number of aromatic nitrogens is 2. The lowest BCUT2D eigenvalue weighted by Crippen LogP contribution is -2.12. The van der Waals surface area contributed by atoms with E-state index in [9.17, 15) is 5.11 Å². The Morgan fingerprint density at radius 1 is 1.35 bits per heavy atom. The molecule has 4 nitrogen and oxygen atoms in total. The van der Waals surface area contributed by atoms with E-state index in [1.54, 1.807) is 23.7 Å². The summed E-state index contributed by atoms with van der Waals surface area (Å²) in [5.74, 6) is 0. The molecular weight excluding hydrogens is 338 g/mol. The third kappa shape index (κ3) is 2.82. The summed E-state index contributed by atoms with van der Waals surface area (Å²) in [6, 6.07) is 5.71. The highest BCUT2D eigenvalue weighted by Crippen LogP contribution is 2.23. The molecule has 0 aliphatic carbocycles. The van der Waals surface area contributed by atoms with Gasteiger partial charge in [0.25, 0.3) is 0 Å². The Morgan fingerprint density at radius 3 is 3.05 bits per heavy atom. The van der Waals surface area contributed by atoms with E-state index in [0.717, 1.165) is 26.8 Å². The molecule has 0 saturated carbocycles. The first-order valence-corrected chi connectivity index (χ1v) is 7.82. The Bertz CT molecular complexity index is 718. The summed E-state index contributed by atoms with van der Waals surface area (Å²) in [7, 11) is 0. The topological polar surface area (TPSA) is 58.0 Å². The lowest BCUT2D eigenvalue weighted by Gasteiger charge is -2.12. The number of anilines is 1. The molecule has 3 aromatic rings. The molecule has 3 aromatic heterocycles. The Labute approximate surface area is 128 Å². The van der Waals surface area contributed by atoms with Crippen LogP contribution in [0.1, 0.15) is 11.7 Å². The lowest BCUT2D eigenvalue weighted by molar-refractivity contribution is 0.192. The van der Waals surface area contributed by atoms with E-state index in [1.807, 2.05) is 29.0 Å². The van der Waals surface area contributed by atoms with Gasteiger partial charge in [-0.1, -0.05) is 0 Å². The van der Waals surface area contributed by atoms with Crippen molar-refractivity contribution in [1.82, 2.24) is 9.97 Å². The number of rotatable bonds is 4. The molecule has 1 unspecified atom stereocenters. The number of hydrogen-bond donors (Lipinski definition) is 2. The Hall–Kier alpha value is -1.50. The van der Waals surface area contributed by atoms with Crippen LogP contribution in [0.2, 0.25) is 0 Å². The summed E-state index contributed by atoms with van der Waals surface area (Å²) < 4.78 is 0.896. The monoisotopic (exact) mass is 349 g/mol. The molecule has 3 rings (SSSR count). The van der Waals surface area contributed by atoms with Crippen molar-refractivity contribution < 1.29 is 5.11 Å². The van der Waals surface area contributed by atoms with Gasteiger partial charge in [0, 0.05) is 23.4 Å². The van der Waals surface area contributed by atoms with Crippen LogP contribution in [0.15, 0.2) is 45.8 Å². The molecule has 0 radical (unpaired) electrons. The van der Waals surface area contributed by atoms with Gasteiger partial charge in [-0.15, -0.1) is 0 Å². The molecule has 0 aromatic carbocycles. The fourth-order valence-corrected chi connectivity index (χ4v) is 2.96. The molecular formula is C14H12BrN3OS. The standard InChI is InChI=1S/C14H12BrN3OS/c15-10-5-12-14(18-6-10)11(1-3-16-12)17-7-13(19)9-2-4-20-8-9/h1-6,8,13,19H,7H2,(H,16,17). The largest absolute Gasteiger partial charge is 0.387 e. The summed E-state index contributed by atoms with van der Waals surface area (Å²) in [5, 5.41) is 17.2. The molecule has 6 heteroatoms. The lowest BCUT2D eigenvalue weighted by atomic mass is 10.2. The molecule has 0 fully saturated rings. The van der Waals surface area contributed by atoms with Gasteiger partial charge in [0.15, 0.2) is 0 Å². The van der Waals surface area contributed by atoms with Gasteiger partial charge in [0.1, 0.15) is 5.52 Å². The second-order valence-corrected chi connectivity index (χ2v) is 6.03. The zero-order valence-corrected chi connectivity index (χ0v) is 12.9. The van der Waals surface area contributed by atoms with E-state index >= 15 is 0 Å². The summed E-state index contributed by atoms with van der Waals surface area (Å²) in [6.45, 7) is 0.438. The molecule has 0 bridgehead atoms. The number of hydrogen-bond acceptors (Lipinski definition) is 5. The Balaban J connectivity index is 1.81. The van der Waals surface area contributed by atoms with Gasteiger partial charge in [-0.2, -0.15) is 11.3 Å². The minimum Gasteiger partial charge on any atom is -0.387 e. The molecule has 3 heterocycles. The number of nitrogens with one attached hydrogen (secondary N) is 1. The first-order valence-electron chi connectivity index (χ1n) is 6.08. The zero-order chi connectivity index (χ0) is 13.9. The summed E-state index contributed by atoms with van der Waals surface area (Å²) in [6.07, 6.45) is 2.94. The molecule has 0 aliphatic rings. The number of pyridine rings is 2. The fourth-order valence-electron chi connectivity index (χ4n) is 1.94. The second-order valence-electron chi connectivity index (χ2n) is 4.33. The number of halogens is 1. The van der Waals surface area contributed by atoms with Gasteiger partial charge in [0.2, 0.25) is 0 Å². The Morgan fingerprint density at radius 2 is 2.25 bits per heavy atom. The van der Waals surface area contributed by atoms with Crippen LogP contribution in [0.3, 0.4) is 0 Å². The third-order valence-corrected chi connectivity index (χ3v) is 4.09. The van der Waals surface area contributed by atoms with Gasteiger partial charge < -0.3 is 10.4 Å². The van der Waals surface area contributed by atoms with Gasteiger partial charge in [0.05, 0.1) is 17.3 Å². The normalized spacial score (nSPS) is 12.5. The first-order chi connectivity index (χ1) is 9.74. The molecule has 0 amide bonds. The highest BCUT2D eigenvalue weighted by atomic mass is 79.9. The van der Waals surface area contributed by atoms with E-state index in [-0.39, 0.29) is 0 Å². The van der Waals surface area contributed by atoms with Gasteiger partial charge >= 0.3 is 0 Å². The predicted octanol–water partition coefficient (Wildman–Crippen LogP) is 3.60. The van der Waals surface area contributed by atoms with Crippen molar-refractivity contribution in [3.8, 4) is 0 Å². The third-order valence-electron chi connectivity index (χ3n) is 2.96. The second kappa shape index (κ2) is 5.87. The number of fused-ring (bicyclic) bond motifs is 1. The average molecular weight is 350 g/mol. The van der Waals surface area contributed by atoms with E-state index < -0.39 is 6.10 Å². The van der Waals surface area contributed by atoms with Crippen molar-refractivity contribution in [2.45, 2.75) is 6.10 Å². The maximum absolute atomic E-state index is 10.1. The van der Waals surface area contributed by atoms with Crippen LogP contribution in [0, 0.1) is 0 Å². The van der Waals surface area contributed by atoms with Crippen LogP contribution < -0.4 is 5.32 Å². The molecule has 1 atom stereocenters. The zero-order valence-electron chi connectivity index (χ0n) is 10.5. The van der Waals surface area contributed by atoms with Crippen LogP contribution in [0.5, 0.6) is 0 Å². The van der Waals surface area contributed by atoms with Crippen LogP contribution in [0.25, 0.3) is 11.0 Å². The van der Waals surface area contributed by atoms with Crippen LogP contribution >= 0.6 is 27.3 Å². The number of aliphatic hydroxyl groups excluding tert-OH is 1. The molecule has 2 N–H and O–H groups in total. The van der Waals surface area contributed by atoms with E-state index in [2.05, 4.69) is 31.2 Å². The van der Waals surface area contributed by atoms with E-state index in [1.165, 1.54) is 0 Å². The van der Waals surface area contributed by atoms with Crippen molar-refractivity contribution >= 4 is 44.0 Å². The van der Waals surface area contributed by atoms with Crippen molar-refractivity contribution in [2.75, 3.05) is 11.9 Å². The fraction of sp³-hybridized carbons (Fsp3) is 0.143. The summed E-state index contributed by atoms with van der Waals surface area (Å²) in [5.41, 5.74) is 3.41. The SMILES string of the molecule is OC(CNc1ccnc2cc(Br)cnc12)c1ccsc1. The highest BCUT2D eigenvalue weighted by molar-refractivity contribution is 9.10. The molecule has 102 valence electrons. The number of thiophene rings is 1. The average Bonchev–Trinajstić information content (AvgIpc) is 2.98. The first kappa shape index (κ1) is 13.5. The van der Waals surface area contributed by atoms with Crippen LogP contribution in [-0.2, 0) is 0 Å². The number of aliphatic hydroxyl groups is 1. The van der Waals surface area contributed by atoms with Crippen molar-refractivity contribution in [2.24, 2.45) is 0 Å².